The molecule has 90 valence electrons. The standard InChI is InChI=1S/C9H18O6/c1-4(2)14-9-8(13)7(12)6(11)5(3-10)15-9/h4-13H,3H2,1-2H3/t5?,6-,7-,8?,9-/m1/s1. The first-order valence-electron chi connectivity index (χ1n) is 4.93. The monoisotopic (exact) mass is 222 g/mol. The average Bonchev–Trinajstić information content (AvgIpc) is 2.18. The highest BCUT2D eigenvalue weighted by atomic mass is 16.7. The summed E-state index contributed by atoms with van der Waals surface area (Å²) in [4.78, 5) is 0. The second-order valence-corrected chi connectivity index (χ2v) is 3.88. The van der Waals surface area contributed by atoms with Gasteiger partial charge in [-0.15, -0.1) is 0 Å². The van der Waals surface area contributed by atoms with E-state index in [1.807, 2.05) is 0 Å². The van der Waals surface area contributed by atoms with E-state index in [1.165, 1.54) is 0 Å². The van der Waals surface area contributed by atoms with E-state index in [-0.39, 0.29) is 6.10 Å². The van der Waals surface area contributed by atoms with Crippen LogP contribution >= 0.6 is 0 Å². The molecule has 5 atom stereocenters. The summed E-state index contributed by atoms with van der Waals surface area (Å²) in [5.74, 6) is 0. The normalized spacial score (nSPS) is 42.2. The van der Waals surface area contributed by atoms with Crippen molar-refractivity contribution in [3.05, 3.63) is 0 Å². The van der Waals surface area contributed by atoms with Gasteiger partial charge < -0.3 is 29.9 Å². The predicted octanol–water partition coefficient (Wildman–Crippen LogP) is -1.79. The molecule has 0 saturated carbocycles. The minimum Gasteiger partial charge on any atom is -0.394 e. The molecular weight excluding hydrogens is 204 g/mol. The quantitative estimate of drug-likeness (QED) is 0.450. The van der Waals surface area contributed by atoms with Crippen molar-refractivity contribution < 1.29 is 29.9 Å². The Morgan fingerprint density at radius 1 is 1.13 bits per heavy atom. The molecular formula is C9H18O6. The molecule has 0 spiro atoms. The Kier molecular flexibility index (Phi) is 4.45. The summed E-state index contributed by atoms with van der Waals surface area (Å²) in [6, 6.07) is 0. The molecule has 0 aliphatic carbocycles. The number of hydrogen-bond acceptors (Lipinski definition) is 6. The van der Waals surface area contributed by atoms with Gasteiger partial charge in [0.05, 0.1) is 12.7 Å². The Morgan fingerprint density at radius 2 is 1.73 bits per heavy atom. The van der Waals surface area contributed by atoms with Crippen molar-refractivity contribution in [2.45, 2.75) is 50.7 Å². The van der Waals surface area contributed by atoms with Gasteiger partial charge in [0.25, 0.3) is 0 Å². The molecule has 2 unspecified atom stereocenters. The average molecular weight is 222 g/mol. The molecule has 0 aromatic heterocycles. The van der Waals surface area contributed by atoms with Crippen LogP contribution in [0.15, 0.2) is 0 Å². The van der Waals surface area contributed by atoms with Crippen LogP contribution < -0.4 is 0 Å². The summed E-state index contributed by atoms with van der Waals surface area (Å²) < 4.78 is 10.3. The fourth-order valence-corrected chi connectivity index (χ4v) is 1.45. The number of aliphatic hydroxyl groups is 4. The molecule has 1 aliphatic rings. The third-order valence-corrected chi connectivity index (χ3v) is 2.25. The minimum atomic E-state index is -1.38. The highest BCUT2D eigenvalue weighted by Gasteiger charge is 2.44. The van der Waals surface area contributed by atoms with Crippen LogP contribution in [0.4, 0.5) is 0 Å². The van der Waals surface area contributed by atoms with Crippen LogP contribution in [0.5, 0.6) is 0 Å². The molecule has 1 aliphatic heterocycles. The van der Waals surface area contributed by atoms with Gasteiger partial charge in [-0.1, -0.05) is 0 Å². The van der Waals surface area contributed by atoms with Crippen molar-refractivity contribution in [1.29, 1.82) is 0 Å². The van der Waals surface area contributed by atoms with E-state index in [0.717, 1.165) is 0 Å². The highest BCUT2D eigenvalue weighted by Crippen LogP contribution is 2.22. The zero-order chi connectivity index (χ0) is 11.6. The number of rotatable bonds is 3. The Hall–Kier alpha value is -0.240. The maximum atomic E-state index is 9.53. The molecule has 1 heterocycles. The van der Waals surface area contributed by atoms with Crippen LogP contribution in [-0.2, 0) is 9.47 Å². The summed E-state index contributed by atoms with van der Waals surface area (Å²) in [5, 5.41) is 37.3. The molecule has 0 bridgehead atoms. The van der Waals surface area contributed by atoms with Gasteiger partial charge in [0.15, 0.2) is 6.29 Å². The highest BCUT2D eigenvalue weighted by molar-refractivity contribution is 4.88. The molecule has 6 nitrogen and oxygen atoms in total. The molecule has 1 fully saturated rings. The first-order valence-corrected chi connectivity index (χ1v) is 4.93. The van der Waals surface area contributed by atoms with Crippen molar-refractivity contribution in [3.8, 4) is 0 Å². The minimum absolute atomic E-state index is 0.188. The summed E-state index contributed by atoms with van der Waals surface area (Å²) in [6.45, 7) is 3.06. The Labute approximate surface area is 88.1 Å². The molecule has 0 amide bonds. The van der Waals surface area contributed by atoms with Gasteiger partial charge >= 0.3 is 0 Å². The van der Waals surface area contributed by atoms with E-state index >= 15 is 0 Å². The third-order valence-electron chi connectivity index (χ3n) is 2.25. The predicted molar refractivity (Wildman–Crippen MR) is 50.0 cm³/mol. The van der Waals surface area contributed by atoms with E-state index in [9.17, 15) is 15.3 Å². The zero-order valence-corrected chi connectivity index (χ0v) is 8.78. The van der Waals surface area contributed by atoms with Crippen molar-refractivity contribution in [2.24, 2.45) is 0 Å². The first kappa shape index (κ1) is 12.8. The smallest absolute Gasteiger partial charge is 0.186 e. The largest absolute Gasteiger partial charge is 0.394 e. The van der Waals surface area contributed by atoms with E-state index in [4.69, 9.17) is 14.6 Å². The maximum absolute atomic E-state index is 9.53. The van der Waals surface area contributed by atoms with E-state index in [1.54, 1.807) is 13.8 Å². The number of hydrogen-bond donors (Lipinski definition) is 4. The summed E-state index contributed by atoms with van der Waals surface area (Å²) in [7, 11) is 0. The van der Waals surface area contributed by atoms with Crippen LogP contribution in [0.1, 0.15) is 13.8 Å². The van der Waals surface area contributed by atoms with Crippen LogP contribution in [-0.4, -0.2) is 63.8 Å². The summed E-state index contributed by atoms with van der Waals surface area (Å²) in [6.07, 6.45) is -6.15. The van der Waals surface area contributed by atoms with Crippen molar-refractivity contribution in [3.63, 3.8) is 0 Å². The molecule has 1 rings (SSSR count). The number of aliphatic hydroxyl groups excluding tert-OH is 4. The molecule has 1 saturated heterocycles. The van der Waals surface area contributed by atoms with Gasteiger partial charge in [-0.05, 0) is 13.8 Å². The molecule has 4 N–H and O–H groups in total. The second-order valence-electron chi connectivity index (χ2n) is 3.88. The van der Waals surface area contributed by atoms with Crippen molar-refractivity contribution in [2.75, 3.05) is 6.61 Å². The van der Waals surface area contributed by atoms with Gasteiger partial charge in [-0.3, -0.25) is 0 Å². The third kappa shape index (κ3) is 2.87. The van der Waals surface area contributed by atoms with Crippen molar-refractivity contribution in [1.82, 2.24) is 0 Å². The zero-order valence-electron chi connectivity index (χ0n) is 8.78. The van der Waals surface area contributed by atoms with Crippen LogP contribution in [0.25, 0.3) is 0 Å². The van der Waals surface area contributed by atoms with Gasteiger partial charge in [0.1, 0.15) is 24.4 Å². The van der Waals surface area contributed by atoms with E-state index < -0.39 is 37.3 Å². The van der Waals surface area contributed by atoms with Crippen LogP contribution in [0.3, 0.4) is 0 Å². The van der Waals surface area contributed by atoms with Gasteiger partial charge in [-0.25, -0.2) is 0 Å². The Balaban J connectivity index is 2.65. The van der Waals surface area contributed by atoms with E-state index in [2.05, 4.69) is 0 Å². The lowest BCUT2D eigenvalue weighted by Gasteiger charge is -2.40. The molecule has 15 heavy (non-hydrogen) atoms. The van der Waals surface area contributed by atoms with Crippen LogP contribution in [0, 0.1) is 0 Å². The lowest BCUT2D eigenvalue weighted by molar-refractivity contribution is -0.308. The Morgan fingerprint density at radius 3 is 2.20 bits per heavy atom. The van der Waals surface area contributed by atoms with Gasteiger partial charge in [0.2, 0.25) is 0 Å². The van der Waals surface area contributed by atoms with Crippen molar-refractivity contribution >= 4 is 0 Å². The summed E-state index contributed by atoms with van der Waals surface area (Å²) >= 11 is 0. The molecule has 6 heteroatoms. The van der Waals surface area contributed by atoms with Crippen LogP contribution in [0.2, 0.25) is 0 Å². The molecule has 0 radical (unpaired) electrons. The number of ether oxygens (including phenoxy) is 2. The summed E-state index contributed by atoms with van der Waals surface area (Å²) in [5.41, 5.74) is 0. The van der Waals surface area contributed by atoms with E-state index in [0.29, 0.717) is 0 Å². The second kappa shape index (κ2) is 5.20. The maximum Gasteiger partial charge on any atom is 0.186 e. The molecule has 0 aromatic rings. The fraction of sp³-hybridized carbons (Fsp3) is 1.00. The SMILES string of the molecule is CC(C)O[C@@H]1OC(CO)[C@@H](O)[C@@H](O)C1O. The fourth-order valence-electron chi connectivity index (χ4n) is 1.45. The first-order chi connectivity index (χ1) is 6.97. The van der Waals surface area contributed by atoms with Gasteiger partial charge in [0, 0.05) is 0 Å². The lowest BCUT2D eigenvalue weighted by atomic mass is 9.99. The molecule has 0 aromatic carbocycles. The lowest BCUT2D eigenvalue weighted by Crippen LogP contribution is -2.59. The Bertz CT molecular complexity index is 195. The van der Waals surface area contributed by atoms with Gasteiger partial charge in [-0.2, -0.15) is 0 Å². The topological polar surface area (TPSA) is 99.4 Å².